The van der Waals surface area contributed by atoms with Crippen LogP contribution in [0.15, 0.2) is 52.5 Å². The van der Waals surface area contributed by atoms with Crippen LogP contribution >= 0.6 is 11.3 Å². The molecule has 124 valence electrons. The van der Waals surface area contributed by atoms with E-state index in [2.05, 4.69) is 10.3 Å². The van der Waals surface area contributed by atoms with Gasteiger partial charge in [-0.15, -0.1) is 11.3 Å². The number of carbonyl (C=O) groups is 1. The molecular formula is C17H16N2O3S2. The summed E-state index contributed by atoms with van der Waals surface area (Å²) in [4.78, 5) is 16.4. The number of nitrogens with zero attached hydrogens (tertiary/aromatic N) is 1. The number of thiazole rings is 1. The number of furan rings is 1. The van der Waals surface area contributed by atoms with Crippen LogP contribution in [0.4, 0.5) is 5.69 Å². The van der Waals surface area contributed by atoms with Gasteiger partial charge >= 0.3 is 0 Å². The molecule has 0 bridgehead atoms. The van der Waals surface area contributed by atoms with Crippen molar-refractivity contribution in [2.75, 3.05) is 11.1 Å². The number of aromatic nitrogens is 1. The van der Waals surface area contributed by atoms with Gasteiger partial charge in [-0.25, -0.2) is 4.98 Å². The van der Waals surface area contributed by atoms with Crippen molar-refractivity contribution < 1.29 is 13.4 Å². The molecule has 7 heteroatoms. The number of anilines is 1. The third-order valence-electron chi connectivity index (χ3n) is 3.19. The molecule has 1 N–H and O–H groups in total. The van der Waals surface area contributed by atoms with Crippen LogP contribution in [0.2, 0.25) is 0 Å². The molecule has 0 radical (unpaired) electrons. The average molecular weight is 360 g/mol. The molecule has 1 atom stereocenters. The van der Waals surface area contributed by atoms with E-state index in [-0.39, 0.29) is 17.4 Å². The summed E-state index contributed by atoms with van der Waals surface area (Å²) in [6.07, 6.45) is 1.59. The van der Waals surface area contributed by atoms with Gasteiger partial charge in [0.05, 0.1) is 17.7 Å². The number of rotatable bonds is 6. The third-order valence-corrected chi connectivity index (χ3v) is 5.29. The van der Waals surface area contributed by atoms with Crippen molar-refractivity contribution in [3.8, 4) is 10.8 Å². The van der Waals surface area contributed by atoms with Crippen LogP contribution in [0.5, 0.6) is 0 Å². The molecule has 24 heavy (non-hydrogen) atoms. The maximum atomic E-state index is 12.2. The van der Waals surface area contributed by atoms with Crippen LogP contribution in [-0.4, -0.2) is 20.9 Å². The quantitative estimate of drug-likeness (QED) is 0.729. The molecule has 0 unspecified atom stereocenters. The van der Waals surface area contributed by atoms with Gasteiger partial charge in [-0.3, -0.25) is 9.00 Å². The van der Waals surface area contributed by atoms with Crippen LogP contribution in [0, 0.1) is 6.92 Å². The van der Waals surface area contributed by atoms with Gasteiger partial charge in [0, 0.05) is 21.9 Å². The molecule has 5 nitrogen and oxygen atoms in total. The Kier molecular flexibility index (Phi) is 5.22. The Hall–Kier alpha value is -2.25. The van der Waals surface area contributed by atoms with Crippen molar-refractivity contribution in [2.24, 2.45) is 0 Å². The van der Waals surface area contributed by atoms with Gasteiger partial charge in [-0.2, -0.15) is 0 Å². The van der Waals surface area contributed by atoms with E-state index in [0.29, 0.717) is 17.1 Å². The Labute approximate surface area is 146 Å². The fraction of sp³-hybridized carbons (Fsp3) is 0.176. The van der Waals surface area contributed by atoms with E-state index >= 15 is 0 Å². The number of nitrogens with one attached hydrogen (secondary N) is 1. The Morgan fingerprint density at radius 3 is 2.96 bits per heavy atom. The second-order valence-corrected chi connectivity index (χ2v) is 7.58. The van der Waals surface area contributed by atoms with Crippen LogP contribution in [-0.2, 0) is 21.3 Å². The predicted molar refractivity (Wildman–Crippen MR) is 96.3 cm³/mol. The van der Waals surface area contributed by atoms with E-state index < -0.39 is 10.8 Å². The predicted octanol–water partition coefficient (Wildman–Crippen LogP) is 3.60. The van der Waals surface area contributed by atoms with Crippen molar-refractivity contribution in [1.82, 2.24) is 4.98 Å². The second-order valence-electron chi connectivity index (χ2n) is 5.27. The van der Waals surface area contributed by atoms with Crippen molar-refractivity contribution in [1.29, 1.82) is 0 Å². The number of aryl methyl sites for hydroxylation is 1. The largest absolute Gasteiger partial charge is 0.462 e. The molecule has 1 aromatic carbocycles. The van der Waals surface area contributed by atoms with Crippen LogP contribution in [0.25, 0.3) is 10.8 Å². The molecule has 0 fully saturated rings. The molecule has 0 spiro atoms. The van der Waals surface area contributed by atoms with Crippen molar-refractivity contribution in [2.45, 2.75) is 12.7 Å². The fourth-order valence-electron chi connectivity index (χ4n) is 2.17. The van der Waals surface area contributed by atoms with Gasteiger partial charge in [0.1, 0.15) is 5.75 Å². The van der Waals surface area contributed by atoms with E-state index in [1.54, 1.807) is 12.3 Å². The number of carbonyl (C=O) groups excluding carboxylic acids is 1. The summed E-state index contributed by atoms with van der Waals surface area (Å²) in [5.74, 6) is 0.620. The molecule has 2 aromatic heterocycles. The molecule has 0 saturated heterocycles. The standard InChI is InChI=1S/C17H16N2O3S2/c1-12-4-2-5-13(8-12)18-16(20)11-24(21)10-14-9-23-17(19-14)15-6-3-7-22-15/h2-9H,10-11H2,1H3,(H,18,20)/t24-/m1/s1. The molecule has 0 aliphatic rings. The summed E-state index contributed by atoms with van der Waals surface area (Å²) in [6.45, 7) is 1.95. The lowest BCUT2D eigenvalue weighted by Crippen LogP contribution is -2.20. The lowest BCUT2D eigenvalue weighted by atomic mass is 10.2. The molecule has 2 heterocycles. The Balaban J connectivity index is 1.54. The van der Waals surface area contributed by atoms with Gasteiger partial charge < -0.3 is 9.73 Å². The molecule has 3 rings (SSSR count). The summed E-state index contributed by atoms with van der Waals surface area (Å²) < 4.78 is 17.5. The first-order valence-corrected chi connectivity index (χ1v) is 9.67. The SMILES string of the molecule is Cc1cccc(NC(=O)C[S@](=O)Cc2csc(-c3ccco3)n2)c1. The normalized spacial score (nSPS) is 12.0. The highest BCUT2D eigenvalue weighted by molar-refractivity contribution is 7.84. The highest BCUT2D eigenvalue weighted by atomic mass is 32.2. The summed E-state index contributed by atoms with van der Waals surface area (Å²) in [5, 5.41) is 5.35. The monoisotopic (exact) mass is 360 g/mol. The van der Waals surface area contributed by atoms with Gasteiger partial charge in [-0.1, -0.05) is 12.1 Å². The van der Waals surface area contributed by atoms with E-state index in [1.807, 2.05) is 42.6 Å². The molecule has 3 aromatic rings. The average Bonchev–Trinajstić information content (AvgIpc) is 3.17. The number of hydrogen-bond acceptors (Lipinski definition) is 5. The van der Waals surface area contributed by atoms with Crippen LogP contribution < -0.4 is 5.32 Å². The first-order valence-electron chi connectivity index (χ1n) is 7.30. The topological polar surface area (TPSA) is 72.2 Å². The second kappa shape index (κ2) is 7.55. The van der Waals surface area contributed by atoms with Crippen molar-refractivity contribution in [3.05, 3.63) is 59.3 Å². The highest BCUT2D eigenvalue weighted by Gasteiger charge is 2.13. The van der Waals surface area contributed by atoms with E-state index in [9.17, 15) is 9.00 Å². The number of benzene rings is 1. The minimum absolute atomic E-state index is 0.0540. The molecule has 1 amide bonds. The van der Waals surface area contributed by atoms with Gasteiger partial charge in [0.25, 0.3) is 0 Å². The van der Waals surface area contributed by atoms with Crippen molar-refractivity contribution in [3.63, 3.8) is 0 Å². The van der Waals surface area contributed by atoms with E-state index in [1.165, 1.54) is 11.3 Å². The number of amides is 1. The van der Waals surface area contributed by atoms with Gasteiger partial charge in [-0.05, 0) is 36.8 Å². The zero-order valence-corrected chi connectivity index (χ0v) is 14.7. The first kappa shape index (κ1) is 16.6. The minimum atomic E-state index is -1.31. The Bertz CT molecular complexity index is 856. The summed E-state index contributed by atoms with van der Waals surface area (Å²) in [5.41, 5.74) is 2.47. The van der Waals surface area contributed by atoms with Gasteiger partial charge in [0.15, 0.2) is 10.8 Å². The van der Waals surface area contributed by atoms with Crippen LogP contribution in [0.1, 0.15) is 11.3 Å². The fourth-order valence-corrected chi connectivity index (χ4v) is 4.00. The Morgan fingerprint density at radius 2 is 2.21 bits per heavy atom. The maximum Gasteiger partial charge on any atom is 0.237 e. The zero-order chi connectivity index (χ0) is 16.9. The maximum absolute atomic E-state index is 12.2. The smallest absolute Gasteiger partial charge is 0.237 e. The van der Waals surface area contributed by atoms with E-state index in [0.717, 1.165) is 10.6 Å². The van der Waals surface area contributed by atoms with Crippen LogP contribution in [0.3, 0.4) is 0 Å². The minimum Gasteiger partial charge on any atom is -0.462 e. The van der Waals surface area contributed by atoms with E-state index in [4.69, 9.17) is 4.42 Å². The Morgan fingerprint density at radius 1 is 1.33 bits per heavy atom. The zero-order valence-electron chi connectivity index (χ0n) is 13.0. The summed E-state index contributed by atoms with van der Waals surface area (Å²) >= 11 is 1.43. The lowest BCUT2D eigenvalue weighted by Gasteiger charge is -2.05. The summed E-state index contributed by atoms with van der Waals surface area (Å²) in [7, 11) is -1.31. The molecule has 0 saturated carbocycles. The van der Waals surface area contributed by atoms with Gasteiger partial charge in [0.2, 0.25) is 5.91 Å². The molecule has 0 aliphatic heterocycles. The molecule has 0 aliphatic carbocycles. The highest BCUT2D eigenvalue weighted by Crippen LogP contribution is 2.24. The first-order chi connectivity index (χ1) is 11.6. The van der Waals surface area contributed by atoms with Crippen molar-refractivity contribution >= 4 is 33.7 Å². The number of hydrogen-bond donors (Lipinski definition) is 1. The third kappa shape index (κ3) is 4.39. The molecular weight excluding hydrogens is 344 g/mol. The summed E-state index contributed by atoms with van der Waals surface area (Å²) in [6, 6.07) is 11.1. The lowest BCUT2D eigenvalue weighted by molar-refractivity contribution is -0.113.